The Morgan fingerprint density at radius 1 is 1.19 bits per heavy atom. The summed E-state index contributed by atoms with van der Waals surface area (Å²) < 4.78 is 19.5. The number of hydrogen-bond donors (Lipinski definition) is 1. The van der Waals surface area contributed by atoms with E-state index in [0.717, 1.165) is 12.8 Å². The molecule has 0 amide bonds. The molecule has 0 radical (unpaired) electrons. The van der Waals surface area contributed by atoms with E-state index in [-0.39, 0.29) is 12.4 Å². The average molecular weight is 285 g/mol. The van der Waals surface area contributed by atoms with Crippen LogP contribution in [0.1, 0.15) is 35.4 Å². The molecule has 1 aliphatic rings. The fourth-order valence-corrected chi connectivity index (χ4v) is 3.01. The average Bonchev–Trinajstić information content (AvgIpc) is 2.53. The van der Waals surface area contributed by atoms with Crippen molar-refractivity contribution >= 4 is 0 Å². The van der Waals surface area contributed by atoms with Crippen molar-refractivity contribution in [3.8, 4) is 5.75 Å². The highest BCUT2D eigenvalue weighted by molar-refractivity contribution is 5.33. The van der Waals surface area contributed by atoms with Crippen molar-refractivity contribution in [2.24, 2.45) is 5.73 Å². The Bertz CT molecular complexity index is 626. The summed E-state index contributed by atoms with van der Waals surface area (Å²) in [6.07, 6.45) is 3.46. The number of halogens is 1. The number of hydrogen-bond acceptors (Lipinski definition) is 2. The van der Waals surface area contributed by atoms with Crippen LogP contribution < -0.4 is 10.5 Å². The summed E-state index contributed by atoms with van der Waals surface area (Å²) >= 11 is 0. The van der Waals surface area contributed by atoms with Gasteiger partial charge in [0.2, 0.25) is 0 Å². The largest absolute Gasteiger partial charge is 0.493 e. The normalized spacial score (nSPS) is 17.3. The standard InChI is InChI=1S/C18H20FNO/c19-18-10-16(9-8-14(18)11-20)21-12-15-6-3-5-13-4-1-2-7-17(13)15/h1-2,4,7-10,15H,3,5-6,11-12,20H2. The quantitative estimate of drug-likeness (QED) is 0.927. The van der Waals surface area contributed by atoms with Gasteiger partial charge in [-0.05, 0) is 36.5 Å². The molecular formula is C18H20FNO. The first-order valence-corrected chi connectivity index (χ1v) is 7.47. The van der Waals surface area contributed by atoms with Gasteiger partial charge in [0.1, 0.15) is 11.6 Å². The maximum atomic E-state index is 13.7. The molecule has 0 fully saturated rings. The first-order valence-electron chi connectivity index (χ1n) is 7.47. The molecule has 0 saturated carbocycles. The van der Waals surface area contributed by atoms with Gasteiger partial charge in [0.15, 0.2) is 0 Å². The van der Waals surface area contributed by atoms with Crippen molar-refractivity contribution in [3.05, 3.63) is 65.0 Å². The van der Waals surface area contributed by atoms with Crippen molar-refractivity contribution in [1.29, 1.82) is 0 Å². The lowest BCUT2D eigenvalue weighted by Gasteiger charge is -2.25. The fourth-order valence-electron chi connectivity index (χ4n) is 3.01. The highest BCUT2D eigenvalue weighted by Gasteiger charge is 2.20. The van der Waals surface area contributed by atoms with Crippen LogP contribution in [0.25, 0.3) is 0 Å². The number of ether oxygens (including phenoxy) is 1. The van der Waals surface area contributed by atoms with Gasteiger partial charge in [-0.1, -0.05) is 30.3 Å². The molecule has 0 aromatic heterocycles. The molecule has 3 heteroatoms. The first-order chi connectivity index (χ1) is 10.3. The second-order valence-electron chi connectivity index (χ2n) is 5.56. The number of fused-ring (bicyclic) bond motifs is 1. The summed E-state index contributed by atoms with van der Waals surface area (Å²) in [7, 11) is 0. The third kappa shape index (κ3) is 3.08. The highest BCUT2D eigenvalue weighted by Crippen LogP contribution is 2.32. The summed E-state index contributed by atoms with van der Waals surface area (Å²) in [6, 6.07) is 13.4. The molecule has 0 heterocycles. The molecule has 0 spiro atoms. The van der Waals surface area contributed by atoms with Gasteiger partial charge >= 0.3 is 0 Å². The predicted molar refractivity (Wildman–Crippen MR) is 81.9 cm³/mol. The third-order valence-electron chi connectivity index (χ3n) is 4.19. The Labute approximate surface area is 124 Å². The summed E-state index contributed by atoms with van der Waals surface area (Å²) in [5.41, 5.74) is 8.78. The minimum atomic E-state index is -0.293. The highest BCUT2D eigenvalue weighted by atomic mass is 19.1. The number of nitrogens with two attached hydrogens (primary N) is 1. The van der Waals surface area contributed by atoms with Gasteiger partial charge in [0, 0.05) is 24.1 Å². The summed E-state index contributed by atoms with van der Waals surface area (Å²) in [5.74, 6) is 0.680. The molecule has 0 bridgehead atoms. The number of aryl methyl sites for hydroxylation is 1. The first kappa shape index (κ1) is 14.1. The van der Waals surface area contributed by atoms with E-state index < -0.39 is 0 Å². The molecule has 2 aromatic carbocycles. The van der Waals surface area contributed by atoms with E-state index in [1.165, 1.54) is 23.6 Å². The molecule has 1 unspecified atom stereocenters. The van der Waals surface area contributed by atoms with E-state index in [0.29, 0.717) is 23.8 Å². The van der Waals surface area contributed by atoms with Crippen molar-refractivity contribution in [2.45, 2.75) is 31.7 Å². The lowest BCUT2D eigenvalue weighted by atomic mass is 9.83. The predicted octanol–water partition coefficient (Wildman–Crippen LogP) is 3.78. The van der Waals surface area contributed by atoms with Crippen LogP contribution in [0.4, 0.5) is 4.39 Å². The molecular weight excluding hydrogens is 265 g/mol. The van der Waals surface area contributed by atoms with Crippen LogP contribution in [-0.2, 0) is 13.0 Å². The smallest absolute Gasteiger partial charge is 0.131 e. The van der Waals surface area contributed by atoms with E-state index in [1.54, 1.807) is 12.1 Å². The second-order valence-corrected chi connectivity index (χ2v) is 5.56. The van der Waals surface area contributed by atoms with Crippen LogP contribution >= 0.6 is 0 Å². The van der Waals surface area contributed by atoms with Crippen LogP contribution in [0.15, 0.2) is 42.5 Å². The van der Waals surface area contributed by atoms with E-state index in [1.807, 2.05) is 0 Å². The van der Waals surface area contributed by atoms with E-state index in [9.17, 15) is 4.39 Å². The van der Waals surface area contributed by atoms with Gasteiger partial charge in [0.05, 0.1) is 6.61 Å². The summed E-state index contributed by atoms with van der Waals surface area (Å²) in [6.45, 7) is 0.806. The van der Waals surface area contributed by atoms with E-state index >= 15 is 0 Å². The second kappa shape index (κ2) is 6.27. The van der Waals surface area contributed by atoms with Crippen LogP contribution in [0.5, 0.6) is 5.75 Å². The molecule has 21 heavy (non-hydrogen) atoms. The van der Waals surface area contributed by atoms with Crippen molar-refractivity contribution in [1.82, 2.24) is 0 Å². The Morgan fingerprint density at radius 3 is 2.86 bits per heavy atom. The lowest BCUT2D eigenvalue weighted by molar-refractivity contribution is 0.273. The Hall–Kier alpha value is -1.87. The Balaban J connectivity index is 1.70. The van der Waals surface area contributed by atoms with Crippen LogP contribution in [-0.4, -0.2) is 6.61 Å². The molecule has 2 aromatic rings. The monoisotopic (exact) mass is 285 g/mol. The Morgan fingerprint density at radius 2 is 2.05 bits per heavy atom. The molecule has 3 rings (SSSR count). The van der Waals surface area contributed by atoms with Gasteiger partial charge in [-0.3, -0.25) is 0 Å². The molecule has 1 aliphatic carbocycles. The molecule has 1 atom stereocenters. The minimum Gasteiger partial charge on any atom is -0.493 e. The van der Waals surface area contributed by atoms with Gasteiger partial charge in [-0.15, -0.1) is 0 Å². The molecule has 2 N–H and O–H groups in total. The van der Waals surface area contributed by atoms with Gasteiger partial charge < -0.3 is 10.5 Å². The van der Waals surface area contributed by atoms with Gasteiger partial charge in [-0.2, -0.15) is 0 Å². The third-order valence-corrected chi connectivity index (χ3v) is 4.19. The van der Waals surface area contributed by atoms with Gasteiger partial charge in [-0.25, -0.2) is 4.39 Å². The van der Waals surface area contributed by atoms with Gasteiger partial charge in [0.25, 0.3) is 0 Å². The van der Waals surface area contributed by atoms with Crippen molar-refractivity contribution in [2.75, 3.05) is 6.61 Å². The van der Waals surface area contributed by atoms with Crippen LogP contribution in [0.2, 0.25) is 0 Å². The van der Waals surface area contributed by atoms with E-state index in [2.05, 4.69) is 24.3 Å². The zero-order valence-corrected chi connectivity index (χ0v) is 12.0. The summed E-state index contributed by atoms with van der Waals surface area (Å²) in [4.78, 5) is 0. The fraction of sp³-hybridized carbons (Fsp3) is 0.333. The minimum absolute atomic E-state index is 0.210. The molecule has 0 saturated heterocycles. The van der Waals surface area contributed by atoms with Crippen LogP contribution in [0.3, 0.4) is 0 Å². The zero-order chi connectivity index (χ0) is 14.7. The summed E-state index contributed by atoms with van der Waals surface area (Å²) in [5, 5.41) is 0. The zero-order valence-electron chi connectivity index (χ0n) is 12.0. The number of rotatable bonds is 4. The molecule has 2 nitrogen and oxygen atoms in total. The number of benzene rings is 2. The maximum absolute atomic E-state index is 13.7. The van der Waals surface area contributed by atoms with Crippen LogP contribution in [0, 0.1) is 5.82 Å². The molecule has 0 aliphatic heterocycles. The topological polar surface area (TPSA) is 35.2 Å². The van der Waals surface area contributed by atoms with Crippen molar-refractivity contribution in [3.63, 3.8) is 0 Å². The lowest BCUT2D eigenvalue weighted by Crippen LogP contribution is -2.16. The Kier molecular flexibility index (Phi) is 4.20. The SMILES string of the molecule is NCc1ccc(OCC2CCCc3ccccc32)cc1F. The molecule has 110 valence electrons. The van der Waals surface area contributed by atoms with E-state index in [4.69, 9.17) is 10.5 Å². The van der Waals surface area contributed by atoms with Crippen molar-refractivity contribution < 1.29 is 9.13 Å². The maximum Gasteiger partial charge on any atom is 0.131 e.